The van der Waals surface area contributed by atoms with Crippen molar-refractivity contribution in [1.82, 2.24) is 10.2 Å². The first kappa shape index (κ1) is 17.3. The number of rotatable bonds is 6. The van der Waals surface area contributed by atoms with Crippen molar-refractivity contribution >= 4 is 17.8 Å². The van der Waals surface area contributed by atoms with Crippen molar-refractivity contribution in [1.29, 1.82) is 0 Å². The summed E-state index contributed by atoms with van der Waals surface area (Å²) in [4.78, 5) is 36.7. The van der Waals surface area contributed by atoms with Gasteiger partial charge < -0.3 is 20.1 Å². The Morgan fingerprint density at radius 3 is 2.48 bits per heavy atom. The first-order valence-electron chi connectivity index (χ1n) is 8.45. The lowest BCUT2D eigenvalue weighted by molar-refractivity contribution is -0.140. The van der Waals surface area contributed by atoms with Gasteiger partial charge in [0.1, 0.15) is 5.75 Å². The van der Waals surface area contributed by atoms with Crippen LogP contribution in [0.25, 0.3) is 0 Å². The molecule has 7 heteroatoms. The van der Waals surface area contributed by atoms with Crippen LogP contribution in [-0.2, 0) is 14.4 Å². The maximum atomic E-state index is 12.2. The number of hydrogen-bond donors (Lipinski definition) is 2. The molecule has 1 heterocycles. The van der Waals surface area contributed by atoms with Crippen molar-refractivity contribution in [3.8, 4) is 5.75 Å². The van der Waals surface area contributed by atoms with E-state index < -0.39 is 5.97 Å². The third kappa shape index (κ3) is 4.10. The Hall–Kier alpha value is -2.57. The maximum Gasteiger partial charge on any atom is 0.307 e. The van der Waals surface area contributed by atoms with E-state index in [1.807, 2.05) is 18.2 Å². The number of nitrogens with one attached hydrogen (secondary N) is 1. The van der Waals surface area contributed by atoms with Crippen molar-refractivity contribution in [3.05, 3.63) is 30.3 Å². The van der Waals surface area contributed by atoms with Crippen LogP contribution in [0.1, 0.15) is 19.3 Å². The SMILES string of the molecule is O=C(COc1ccccc1)NCC(=O)N1CCC2(CC1)CC2C(=O)O. The molecule has 1 unspecified atom stereocenters. The van der Waals surface area contributed by atoms with Crippen LogP contribution in [0.15, 0.2) is 30.3 Å². The highest BCUT2D eigenvalue weighted by atomic mass is 16.5. The van der Waals surface area contributed by atoms with Gasteiger partial charge in [0, 0.05) is 13.1 Å². The molecule has 1 saturated carbocycles. The van der Waals surface area contributed by atoms with Gasteiger partial charge in [-0.05, 0) is 36.8 Å². The molecule has 25 heavy (non-hydrogen) atoms. The van der Waals surface area contributed by atoms with Crippen LogP contribution in [0.2, 0.25) is 0 Å². The smallest absolute Gasteiger partial charge is 0.307 e. The van der Waals surface area contributed by atoms with Crippen molar-refractivity contribution in [2.75, 3.05) is 26.2 Å². The number of amides is 2. The van der Waals surface area contributed by atoms with Gasteiger partial charge in [-0.25, -0.2) is 0 Å². The second kappa shape index (κ2) is 7.13. The number of para-hydroxylation sites is 1. The largest absolute Gasteiger partial charge is 0.484 e. The van der Waals surface area contributed by atoms with E-state index in [9.17, 15) is 14.4 Å². The summed E-state index contributed by atoms with van der Waals surface area (Å²) in [5.41, 5.74) is -0.102. The second-order valence-corrected chi connectivity index (χ2v) is 6.72. The summed E-state index contributed by atoms with van der Waals surface area (Å²) in [6.45, 7) is 0.908. The second-order valence-electron chi connectivity index (χ2n) is 6.72. The van der Waals surface area contributed by atoms with Crippen LogP contribution >= 0.6 is 0 Å². The third-order valence-corrected chi connectivity index (χ3v) is 5.15. The minimum atomic E-state index is -0.731. The lowest BCUT2D eigenvalue weighted by Crippen LogP contribution is -2.45. The molecule has 3 rings (SSSR count). The summed E-state index contributed by atoms with van der Waals surface area (Å²) in [7, 11) is 0. The Balaban J connectivity index is 1.36. The Bertz CT molecular complexity index is 653. The molecule has 7 nitrogen and oxygen atoms in total. The number of carboxylic acids is 1. The minimum absolute atomic E-state index is 0.0632. The van der Waals surface area contributed by atoms with Crippen LogP contribution in [0, 0.1) is 11.3 Å². The molecular formula is C18H22N2O5. The van der Waals surface area contributed by atoms with E-state index in [-0.39, 0.29) is 36.3 Å². The van der Waals surface area contributed by atoms with Crippen LogP contribution in [0.3, 0.4) is 0 Å². The number of piperidine rings is 1. The van der Waals surface area contributed by atoms with Crippen molar-refractivity contribution < 1.29 is 24.2 Å². The molecule has 1 aliphatic carbocycles. The van der Waals surface area contributed by atoms with E-state index in [1.54, 1.807) is 17.0 Å². The van der Waals surface area contributed by atoms with Gasteiger partial charge in [-0.15, -0.1) is 0 Å². The van der Waals surface area contributed by atoms with E-state index in [0.29, 0.717) is 18.8 Å². The van der Waals surface area contributed by atoms with E-state index >= 15 is 0 Å². The van der Waals surface area contributed by atoms with E-state index in [0.717, 1.165) is 19.3 Å². The number of carbonyl (C=O) groups is 3. The van der Waals surface area contributed by atoms with Gasteiger partial charge in [0.15, 0.2) is 6.61 Å². The number of nitrogens with zero attached hydrogens (tertiary/aromatic N) is 1. The summed E-state index contributed by atoms with van der Waals surface area (Å²) in [6.07, 6.45) is 2.17. The molecule has 0 bridgehead atoms. The molecule has 1 spiro atoms. The van der Waals surface area contributed by atoms with Gasteiger partial charge in [-0.2, -0.15) is 0 Å². The van der Waals surface area contributed by atoms with Crippen molar-refractivity contribution in [2.45, 2.75) is 19.3 Å². The Kier molecular flexibility index (Phi) is 4.92. The summed E-state index contributed by atoms with van der Waals surface area (Å²) in [5, 5.41) is 11.6. The minimum Gasteiger partial charge on any atom is -0.484 e. The number of likely N-dealkylation sites (tertiary alicyclic amines) is 1. The summed E-state index contributed by atoms with van der Waals surface area (Å²) >= 11 is 0. The highest BCUT2D eigenvalue weighted by Crippen LogP contribution is 2.59. The van der Waals surface area contributed by atoms with Gasteiger partial charge in [-0.1, -0.05) is 18.2 Å². The highest BCUT2D eigenvalue weighted by Gasteiger charge is 2.59. The molecule has 2 N–H and O–H groups in total. The molecule has 2 aliphatic rings. The predicted molar refractivity (Wildman–Crippen MR) is 88.9 cm³/mol. The third-order valence-electron chi connectivity index (χ3n) is 5.15. The predicted octanol–water partition coefficient (Wildman–Crippen LogP) is 0.895. The normalized spacial score (nSPS) is 20.8. The molecule has 134 valence electrons. The van der Waals surface area contributed by atoms with Crippen LogP contribution in [0.5, 0.6) is 5.75 Å². The van der Waals surface area contributed by atoms with E-state index in [2.05, 4.69) is 5.32 Å². The molecule has 0 aromatic heterocycles. The fraction of sp³-hybridized carbons (Fsp3) is 0.500. The molecule has 1 atom stereocenters. The monoisotopic (exact) mass is 346 g/mol. The quantitative estimate of drug-likeness (QED) is 0.798. The Morgan fingerprint density at radius 1 is 1.20 bits per heavy atom. The number of hydrogen-bond acceptors (Lipinski definition) is 4. The first-order valence-corrected chi connectivity index (χ1v) is 8.45. The molecule has 1 aliphatic heterocycles. The molecular weight excluding hydrogens is 324 g/mol. The topological polar surface area (TPSA) is 95.9 Å². The number of carboxylic acid groups (broad SMARTS) is 1. The number of carbonyl (C=O) groups excluding carboxylic acids is 2. The molecule has 2 amide bonds. The molecule has 0 radical (unpaired) electrons. The summed E-state index contributed by atoms with van der Waals surface area (Å²) in [6, 6.07) is 8.99. The van der Waals surface area contributed by atoms with Crippen molar-refractivity contribution in [3.63, 3.8) is 0 Å². The molecule has 1 aromatic carbocycles. The zero-order chi connectivity index (χ0) is 17.9. The van der Waals surface area contributed by atoms with Gasteiger partial charge >= 0.3 is 5.97 Å². The fourth-order valence-electron chi connectivity index (χ4n) is 3.45. The van der Waals surface area contributed by atoms with Crippen LogP contribution in [-0.4, -0.2) is 54.0 Å². The van der Waals surface area contributed by atoms with Gasteiger partial charge in [0.05, 0.1) is 12.5 Å². The molecule has 1 saturated heterocycles. The lowest BCUT2D eigenvalue weighted by atomic mass is 9.91. The highest BCUT2D eigenvalue weighted by molar-refractivity contribution is 5.85. The summed E-state index contributed by atoms with van der Waals surface area (Å²) in [5.74, 6) is -0.873. The van der Waals surface area contributed by atoms with Gasteiger partial charge in [0.2, 0.25) is 5.91 Å². The zero-order valence-corrected chi connectivity index (χ0v) is 13.9. The van der Waals surface area contributed by atoms with E-state index in [1.165, 1.54) is 0 Å². The average Bonchev–Trinajstić information content (AvgIpc) is 3.33. The number of aliphatic carboxylic acids is 1. The molecule has 2 fully saturated rings. The van der Waals surface area contributed by atoms with E-state index in [4.69, 9.17) is 9.84 Å². The first-order chi connectivity index (χ1) is 12.0. The summed E-state index contributed by atoms with van der Waals surface area (Å²) < 4.78 is 5.32. The number of benzene rings is 1. The molecule has 1 aromatic rings. The van der Waals surface area contributed by atoms with Crippen LogP contribution < -0.4 is 10.1 Å². The van der Waals surface area contributed by atoms with Gasteiger partial charge in [0.25, 0.3) is 5.91 Å². The maximum absolute atomic E-state index is 12.2. The standard InChI is InChI=1S/C18H22N2O5/c21-15(12-25-13-4-2-1-3-5-13)19-11-16(22)20-8-6-18(7-9-20)10-14(18)17(23)24/h1-5,14H,6-12H2,(H,19,21)(H,23,24). The van der Waals surface area contributed by atoms with Crippen molar-refractivity contribution in [2.24, 2.45) is 11.3 Å². The zero-order valence-electron chi connectivity index (χ0n) is 13.9. The Morgan fingerprint density at radius 2 is 1.88 bits per heavy atom. The van der Waals surface area contributed by atoms with Gasteiger partial charge in [-0.3, -0.25) is 14.4 Å². The lowest BCUT2D eigenvalue weighted by Gasteiger charge is -2.32. The average molecular weight is 346 g/mol. The Labute approximate surface area is 146 Å². The fourth-order valence-corrected chi connectivity index (χ4v) is 3.45. The van der Waals surface area contributed by atoms with Crippen LogP contribution in [0.4, 0.5) is 0 Å². The number of ether oxygens (including phenoxy) is 1.